The van der Waals surface area contributed by atoms with Crippen LogP contribution in [0, 0.1) is 0 Å². The molecule has 0 saturated carbocycles. The first-order valence-corrected chi connectivity index (χ1v) is 8.09. The molecular formula is C14H19N5OS. The first-order valence-electron chi connectivity index (χ1n) is 6.94. The van der Waals surface area contributed by atoms with Gasteiger partial charge in [0.05, 0.1) is 11.8 Å². The highest BCUT2D eigenvalue weighted by atomic mass is 32.2. The monoisotopic (exact) mass is 305 g/mol. The molecule has 1 amide bonds. The lowest BCUT2D eigenvalue weighted by atomic mass is 10.1. The average molecular weight is 305 g/mol. The molecule has 3 rings (SSSR count). The molecule has 1 saturated heterocycles. The molecule has 7 heteroatoms. The minimum Gasteiger partial charge on any atom is -0.338 e. The molecule has 0 spiro atoms. The number of nitrogens with zero attached hydrogens (tertiary/aromatic N) is 5. The molecule has 0 radical (unpaired) electrons. The Morgan fingerprint density at radius 1 is 1.38 bits per heavy atom. The van der Waals surface area contributed by atoms with Gasteiger partial charge in [0.2, 0.25) is 0 Å². The van der Waals surface area contributed by atoms with E-state index >= 15 is 0 Å². The number of carbonyl (C=O) groups excluding carboxylic acids is 1. The van der Waals surface area contributed by atoms with Crippen LogP contribution in [0.5, 0.6) is 0 Å². The summed E-state index contributed by atoms with van der Waals surface area (Å²) in [6, 6.07) is 0.324. The predicted octanol–water partition coefficient (Wildman–Crippen LogP) is 1.40. The highest BCUT2D eigenvalue weighted by Gasteiger charge is 2.28. The maximum Gasteiger partial charge on any atom is 0.257 e. The number of aromatic nitrogens is 4. The normalized spacial score (nSPS) is 18.1. The van der Waals surface area contributed by atoms with Crippen LogP contribution in [0.4, 0.5) is 0 Å². The zero-order valence-electron chi connectivity index (χ0n) is 12.5. The minimum atomic E-state index is 0.0365. The van der Waals surface area contributed by atoms with E-state index in [4.69, 9.17) is 0 Å². The maximum atomic E-state index is 12.8. The highest BCUT2D eigenvalue weighted by molar-refractivity contribution is 7.99. The Morgan fingerprint density at radius 2 is 2.19 bits per heavy atom. The molecule has 6 nitrogen and oxygen atoms in total. The topological polar surface area (TPSA) is 56.0 Å². The lowest BCUT2D eigenvalue weighted by Crippen LogP contribution is -2.37. The van der Waals surface area contributed by atoms with Crippen LogP contribution in [0.25, 0.3) is 11.3 Å². The fourth-order valence-corrected chi connectivity index (χ4v) is 3.85. The number of aryl methyl sites for hydroxylation is 2. The maximum absolute atomic E-state index is 12.8. The second kappa shape index (κ2) is 5.55. The van der Waals surface area contributed by atoms with E-state index in [1.165, 1.54) is 0 Å². The molecule has 1 aliphatic heterocycles. The molecule has 2 aromatic heterocycles. The zero-order valence-corrected chi connectivity index (χ0v) is 13.3. The second-order valence-corrected chi connectivity index (χ2v) is 6.55. The largest absolute Gasteiger partial charge is 0.338 e. The minimum absolute atomic E-state index is 0.0365. The molecule has 21 heavy (non-hydrogen) atoms. The van der Waals surface area contributed by atoms with Gasteiger partial charge in [-0.15, -0.1) is 0 Å². The van der Waals surface area contributed by atoms with Gasteiger partial charge in [-0.25, -0.2) is 0 Å². The Balaban J connectivity index is 1.92. The molecule has 0 bridgehead atoms. The zero-order chi connectivity index (χ0) is 15.0. The van der Waals surface area contributed by atoms with Crippen molar-refractivity contribution in [3.63, 3.8) is 0 Å². The van der Waals surface area contributed by atoms with Crippen molar-refractivity contribution in [2.24, 2.45) is 14.1 Å². The lowest BCUT2D eigenvalue weighted by Gasteiger charge is -2.23. The van der Waals surface area contributed by atoms with E-state index in [2.05, 4.69) is 10.2 Å². The number of hydrogen-bond donors (Lipinski definition) is 0. The van der Waals surface area contributed by atoms with Crippen LogP contribution in [-0.2, 0) is 14.1 Å². The summed E-state index contributed by atoms with van der Waals surface area (Å²) >= 11 is 1.90. The van der Waals surface area contributed by atoms with E-state index in [1.54, 1.807) is 21.8 Å². The summed E-state index contributed by atoms with van der Waals surface area (Å²) in [4.78, 5) is 14.6. The van der Waals surface area contributed by atoms with E-state index < -0.39 is 0 Å². The highest BCUT2D eigenvalue weighted by Crippen LogP contribution is 2.26. The van der Waals surface area contributed by atoms with Gasteiger partial charge >= 0.3 is 0 Å². The summed E-state index contributed by atoms with van der Waals surface area (Å²) in [5.74, 6) is 2.18. The summed E-state index contributed by atoms with van der Waals surface area (Å²) in [5, 5.41) is 8.60. The molecule has 1 aliphatic rings. The SMILES string of the molecule is CN(C(=O)c1cn(C)nc1-c1cnn(C)c1)C1CCSC1. The van der Waals surface area contributed by atoms with Crippen molar-refractivity contribution in [2.45, 2.75) is 12.5 Å². The summed E-state index contributed by atoms with van der Waals surface area (Å²) in [7, 11) is 5.58. The number of carbonyl (C=O) groups is 1. The second-order valence-electron chi connectivity index (χ2n) is 5.40. The molecule has 2 aromatic rings. The fraction of sp³-hybridized carbons (Fsp3) is 0.500. The third-order valence-corrected chi connectivity index (χ3v) is 4.96. The van der Waals surface area contributed by atoms with Gasteiger partial charge in [-0.3, -0.25) is 14.2 Å². The van der Waals surface area contributed by atoms with Crippen LogP contribution in [0.15, 0.2) is 18.6 Å². The van der Waals surface area contributed by atoms with Gasteiger partial charge in [0.25, 0.3) is 5.91 Å². The molecule has 3 heterocycles. The van der Waals surface area contributed by atoms with Crippen LogP contribution in [0.2, 0.25) is 0 Å². The third kappa shape index (κ3) is 2.70. The van der Waals surface area contributed by atoms with E-state index in [9.17, 15) is 4.79 Å². The number of rotatable bonds is 3. The van der Waals surface area contributed by atoms with Crippen molar-refractivity contribution in [3.8, 4) is 11.3 Å². The van der Waals surface area contributed by atoms with E-state index in [1.807, 2.05) is 44.0 Å². The van der Waals surface area contributed by atoms with Crippen molar-refractivity contribution in [2.75, 3.05) is 18.6 Å². The molecule has 0 aromatic carbocycles. The van der Waals surface area contributed by atoms with Gasteiger partial charge in [-0.05, 0) is 12.2 Å². The Bertz CT molecular complexity index is 656. The van der Waals surface area contributed by atoms with Crippen LogP contribution < -0.4 is 0 Å². The number of hydrogen-bond acceptors (Lipinski definition) is 4. The number of thioether (sulfide) groups is 1. The number of amides is 1. The van der Waals surface area contributed by atoms with E-state index in [-0.39, 0.29) is 5.91 Å². The van der Waals surface area contributed by atoms with Gasteiger partial charge in [0.15, 0.2) is 0 Å². The Kier molecular flexibility index (Phi) is 3.75. The summed E-state index contributed by atoms with van der Waals surface area (Å²) in [6.45, 7) is 0. The molecule has 1 atom stereocenters. The van der Waals surface area contributed by atoms with Gasteiger partial charge in [0, 0.05) is 50.9 Å². The lowest BCUT2D eigenvalue weighted by molar-refractivity contribution is 0.0748. The van der Waals surface area contributed by atoms with Gasteiger partial charge in [-0.1, -0.05) is 0 Å². The van der Waals surface area contributed by atoms with Crippen molar-refractivity contribution < 1.29 is 4.79 Å². The summed E-state index contributed by atoms with van der Waals surface area (Å²) in [5.41, 5.74) is 2.22. The van der Waals surface area contributed by atoms with Gasteiger partial charge in [-0.2, -0.15) is 22.0 Å². The first-order chi connectivity index (χ1) is 10.1. The van der Waals surface area contributed by atoms with Gasteiger partial charge in [0.1, 0.15) is 5.69 Å². The summed E-state index contributed by atoms with van der Waals surface area (Å²) < 4.78 is 3.41. The third-order valence-electron chi connectivity index (χ3n) is 3.81. The fourth-order valence-electron chi connectivity index (χ4n) is 2.59. The Morgan fingerprint density at radius 3 is 2.81 bits per heavy atom. The average Bonchev–Trinajstić information content (AvgIpc) is 3.16. The quantitative estimate of drug-likeness (QED) is 0.860. The predicted molar refractivity (Wildman–Crippen MR) is 83.2 cm³/mol. The molecule has 1 fully saturated rings. The Hall–Kier alpha value is -1.76. The van der Waals surface area contributed by atoms with Crippen molar-refractivity contribution in [1.82, 2.24) is 24.5 Å². The van der Waals surface area contributed by atoms with Crippen molar-refractivity contribution >= 4 is 17.7 Å². The standard InChI is InChI=1S/C14H19N5OS/c1-17-7-10(6-15-17)13-12(8-18(2)16-13)14(20)19(3)11-4-5-21-9-11/h6-8,11H,4-5,9H2,1-3H3. The van der Waals surface area contributed by atoms with Crippen LogP contribution in [0.1, 0.15) is 16.8 Å². The first kappa shape index (κ1) is 14.2. The van der Waals surface area contributed by atoms with Crippen molar-refractivity contribution in [1.29, 1.82) is 0 Å². The van der Waals surface area contributed by atoms with E-state index in [0.29, 0.717) is 17.3 Å². The molecule has 112 valence electrons. The van der Waals surface area contributed by atoms with Crippen molar-refractivity contribution in [3.05, 3.63) is 24.2 Å². The van der Waals surface area contributed by atoms with Crippen LogP contribution in [-0.4, -0.2) is 55.0 Å². The molecule has 0 N–H and O–H groups in total. The van der Waals surface area contributed by atoms with Crippen LogP contribution in [0.3, 0.4) is 0 Å². The van der Waals surface area contributed by atoms with E-state index in [0.717, 1.165) is 23.5 Å². The molecule has 1 unspecified atom stereocenters. The smallest absolute Gasteiger partial charge is 0.257 e. The van der Waals surface area contributed by atoms with Gasteiger partial charge < -0.3 is 4.90 Å². The summed E-state index contributed by atoms with van der Waals surface area (Å²) in [6.07, 6.45) is 6.48. The molecular weight excluding hydrogens is 286 g/mol. The molecule has 0 aliphatic carbocycles. The van der Waals surface area contributed by atoms with Crippen LogP contribution >= 0.6 is 11.8 Å². The Labute approximate surface area is 128 Å².